The predicted molar refractivity (Wildman–Crippen MR) is 49.2 cm³/mol. The van der Waals surface area contributed by atoms with Crippen molar-refractivity contribution in [1.29, 1.82) is 0 Å². The number of hydrazine groups is 1. The highest BCUT2D eigenvalue weighted by Crippen LogP contribution is 2.16. The smallest absolute Gasteiger partial charge is 0.219 e. The van der Waals surface area contributed by atoms with Crippen LogP contribution in [0.3, 0.4) is 0 Å². The third-order valence-electron chi connectivity index (χ3n) is 1.86. The van der Waals surface area contributed by atoms with Crippen molar-refractivity contribution >= 4 is 16.7 Å². The van der Waals surface area contributed by atoms with Gasteiger partial charge in [0.15, 0.2) is 0 Å². The van der Waals surface area contributed by atoms with Crippen LogP contribution in [-0.2, 0) is 0 Å². The minimum Gasteiger partial charge on any atom is -0.282 e. The molecule has 1 aliphatic rings. The fourth-order valence-corrected chi connectivity index (χ4v) is 1.93. The lowest BCUT2D eigenvalue weighted by atomic mass is 10.3. The molecule has 0 radical (unpaired) electrons. The molecule has 1 saturated heterocycles. The Bertz CT molecular complexity index is 254. The summed E-state index contributed by atoms with van der Waals surface area (Å²) >= 11 is 1.46. The Labute approximate surface area is 75.8 Å². The van der Waals surface area contributed by atoms with E-state index >= 15 is 0 Å². The molecule has 1 N–H and O–H groups in total. The van der Waals surface area contributed by atoms with Crippen LogP contribution in [0, 0.1) is 6.92 Å². The molecule has 0 aromatic carbocycles. The molecule has 12 heavy (non-hydrogen) atoms. The summed E-state index contributed by atoms with van der Waals surface area (Å²) < 4.78 is 4.14. The topological polar surface area (TPSA) is 41.1 Å². The van der Waals surface area contributed by atoms with Crippen LogP contribution in [0.4, 0.5) is 5.13 Å². The van der Waals surface area contributed by atoms with Gasteiger partial charge in [0, 0.05) is 24.6 Å². The first-order valence-electron chi connectivity index (χ1n) is 4.17. The third-order valence-corrected chi connectivity index (χ3v) is 2.69. The molecule has 1 aromatic heterocycles. The second-order valence-corrected chi connectivity index (χ2v) is 3.62. The van der Waals surface area contributed by atoms with Crippen LogP contribution >= 0.6 is 11.5 Å². The van der Waals surface area contributed by atoms with E-state index in [1.165, 1.54) is 24.4 Å². The van der Waals surface area contributed by atoms with Gasteiger partial charge in [0.2, 0.25) is 5.13 Å². The molecular formula is C7H12N4S. The molecule has 0 bridgehead atoms. The fraction of sp³-hybridized carbons (Fsp3) is 0.714. The summed E-state index contributed by atoms with van der Waals surface area (Å²) in [6.07, 6.45) is 2.50. The summed E-state index contributed by atoms with van der Waals surface area (Å²) in [5.74, 6) is 0.863. The molecule has 1 aliphatic heterocycles. The largest absolute Gasteiger partial charge is 0.282 e. The second kappa shape index (κ2) is 3.37. The van der Waals surface area contributed by atoms with Gasteiger partial charge in [-0.2, -0.15) is 4.37 Å². The van der Waals surface area contributed by atoms with Crippen molar-refractivity contribution in [2.24, 2.45) is 0 Å². The lowest BCUT2D eigenvalue weighted by Crippen LogP contribution is -2.43. The number of nitrogens with zero attached hydrogens (tertiary/aromatic N) is 3. The van der Waals surface area contributed by atoms with Crippen LogP contribution in [0.15, 0.2) is 0 Å². The fourth-order valence-electron chi connectivity index (χ4n) is 1.25. The first-order valence-corrected chi connectivity index (χ1v) is 4.95. The van der Waals surface area contributed by atoms with Gasteiger partial charge in [0.05, 0.1) is 0 Å². The highest BCUT2D eigenvalue weighted by atomic mass is 32.1. The minimum absolute atomic E-state index is 0.863. The molecule has 0 atom stereocenters. The summed E-state index contributed by atoms with van der Waals surface area (Å²) in [6, 6.07) is 0. The van der Waals surface area contributed by atoms with E-state index in [2.05, 4.69) is 19.8 Å². The van der Waals surface area contributed by atoms with Gasteiger partial charge in [0.1, 0.15) is 5.82 Å². The molecule has 4 nitrogen and oxygen atoms in total. The number of hydrogen-bond acceptors (Lipinski definition) is 5. The predicted octanol–water partition coefficient (Wildman–Crippen LogP) is 0.951. The Morgan fingerprint density at radius 3 is 3.00 bits per heavy atom. The van der Waals surface area contributed by atoms with Gasteiger partial charge in [-0.15, -0.1) is 0 Å². The lowest BCUT2D eigenvalue weighted by molar-refractivity contribution is 0.510. The number of aromatic nitrogens is 2. The highest BCUT2D eigenvalue weighted by molar-refractivity contribution is 7.09. The van der Waals surface area contributed by atoms with Gasteiger partial charge in [-0.3, -0.25) is 5.01 Å². The van der Waals surface area contributed by atoms with E-state index in [0.29, 0.717) is 0 Å². The van der Waals surface area contributed by atoms with E-state index in [1.807, 2.05) is 6.92 Å². The SMILES string of the molecule is Cc1nsc(N2CCCCN2)n1. The zero-order valence-electron chi connectivity index (χ0n) is 7.08. The Hall–Kier alpha value is -0.680. The summed E-state index contributed by atoms with van der Waals surface area (Å²) in [4.78, 5) is 4.31. The van der Waals surface area contributed by atoms with Crippen molar-refractivity contribution in [2.75, 3.05) is 18.1 Å². The molecule has 5 heteroatoms. The standard InChI is InChI=1S/C7H12N4S/c1-6-9-7(12-10-6)11-5-3-2-4-8-11/h8H,2-5H2,1H3. The van der Waals surface area contributed by atoms with Crippen LogP contribution in [0.2, 0.25) is 0 Å². The average molecular weight is 184 g/mol. The van der Waals surface area contributed by atoms with Crippen molar-refractivity contribution in [1.82, 2.24) is 14.8 Å². The normalized spacial score (nSPS) is 18.2. The number of rotatable bonds is 1. The Balaban J connectivity index is 2.08. The van der Waals surface area contributed by atoms with Gasteiger partial charge in [0.25, 0.3) is 0 Å². The number of anilines is 1. The lowest BCUT2D eigenvalue weighted by Gasteiger charge is -2.26. The third kappa shape index (κ3) is 1.56. The molecule has 0 saturated carbocycles. The molecule has 0 amide bonds. The molecule has 1 fully saturated rings. The Morgan fingerprint density at radius 2 is 2.42 bits per heavy atom. The van der Waals surface area contributed by atoms with E-state index in [-0.39, 0.29) is 0 Å². The zero-order chi connectivity index (χ0) is 8.39. The molecule has 0 spiro atoms. The summed E-state index contributed by atoms with van der Waals surface area (Å²) in [5.41, 5.74) is 3.29. The van der Waals surface area contributed by atoms with Crippen molar-refractivity contribution in [3.63, 3.8) is 0 Å². The van der Waals surface area contributed by atoms with Crippen molar-refractivity contribution < 1.29 is 0 Å². The molecule has 66 valence electrons. The maximum Gasteiger partial charge on any atom is 0.219 e. The van der Waals surface area contributed by atoms with Crippen LogP contribution < -0.4 is 10.4 Å². The van der Waals surface area contributed by atoms with Gasteiger partial charge in [-0.05, 0) is 19.8 Å². The van der Waals surface area contributed by atoms with E-state index in [1.54, 1.807) is 0 Å². The number of nitrogens with one attached hydrogen (secondary N) is 1. The Morgan fingerprint density at radius 1 is 1.50 bits per heavy atom. The van der Waals surface area contributed by atoms with Crippen molar-refractivity contribution in [2.45, 2.75) is 19.8 Å². The van der Waals surface area contributed by atoms with Crippen LogP contribution in [0.1, 0.15) is 18.7 Å². The summed E-state index contributed by atoms with van der Waals surface area (Å²) in [7, 11) is 0. The van der Waals surface area contributed by atoms with Crippen molar-refractivity contribution in [3.05, 3.63) is 5.82 Å². The van der Waals surface area contributed by atoms with Gasteiger partial charge in [-0.25, -0.2) is 10.4 Å². The monoisotopic (exact) mass is 184 g/mol. The average Bonchev–Trinajstić information content (AvgIpc) is 2.54. The first-order chi connectivity index (χ1) is 5.86. The number of aryl methyl sites for hydroxylation is 1. The molecule has 2 rings (SSSR count). The maximum atomic E-state index is 4.31. The van der Waals surface area contributed by atoms with E-state index in [4.69, 9.17) is 0 Å². The van der Waals surface area contributed by atoms with E-state index in [9.17, 15) is 0 Å². The van der Waals surface area contributed by atoms with Gasteiger partial charge >= 0.3 is 0 Å². The van der Waals surface area contributed by atoms with E-state index < -0.39 is 0 Å². The van der Waals surface area contributed by atoms with Crippen LogP contribution in [-0.4, -0.2) is 22.4 Å². The van der Waals surface area contributed by atoms with Crippen LogP contribution in [0.25, 0.3) is 0 Å². The van der Waals surface area contributed by atoms with E-state index in [0.717, 1.165) is 24.0 Å². The Kier molecular flexibility index (Phi) is 2.23. The quantitative estimate of drug-likeness (QED) is 0.705. The first kappa shape index (κ1) is 7.94. The maximum absolute atomic E-state index is 4.31. The molecule has 0 unspecified atom stereocenters. The van der Waals surface area contributed by atoms with Gasteiger partial charge in [-0.1, -0.05) is 0 Å². The van der Waals surface area contributed by atoms with Gasteiger partial charge < -0.3 is 0 Å². The van der Waals surface area contributed by atoms with Crippen molar-refractivity contribution in [3.8, 4) is 0 Å². The highest BCUT2D eigenvalue weighted by Gasteiger charge is 2.13. The summed E-state index contributed by atoms with van der Waals surface area (Å²) in [5, 5.41) is 3.08. The number of hydrogen-bond donors (Lipinski definition) is 1. The zero-order valence-corrected chi connectivity index (χ0v) is 7.89. The molecule has 1 aromatic rings. The summed E-state index contributed by atoms with van der Waals surface area (Å²) in [6.45, 7) is 4.03. The second-order valence-electron chi connectivity index (χ2n) is 2.89. The molecular weight excluding hydrogens is 172 g/mol. The molecule has 2 heterocycles. The molecule has 0 aliphatic carbocycles. The minimum atomic E-state index is 0.863. The van der Waals surface area contributed by atoms with Crippen LogP contribution in [0.5, 0.6) is 0 Å².